The highest BCUT2D eigenvalue weighted by Gasteiger charge is 2.26. The van der Waals surface area contributed by atoms with E-state index >= 15 is 0 Å². The van der Waals surface area contributed by atoms with Crippen LogP contribution in [0.4, 0.5) is 5.69 Å². The second kappa shape index (κ2) is 10.7. The lowest BCUT2D eigenvalue weighted by Crippen LogP contribution is -2.53. The predicted molar refractivity (Wildman–Crippen MR) is 105 cm³/mol. The van der Waals surface area contributed by atoms with Gasteiger partial charge in [-0.25, -0.2) is 0 Å². The van der Waals surface area contributed by atoms with Gasteiger partial charge < -0.3 is 20.3 Å². The maximum absolute atomic E-state index is 12.4. The number of anilines is 1. The topological polar surface area (TPSA) is 58.8 Å². The van der Waals surface area contributed by atoms with Gasteiger partial charge in [0.2, 0.25) is 5.91 Å². The lowest BCUT2D eigenvalue weighted by Gasteiger charge is -2.37. The van der Waals surface area contributed by atoms with Crippen LogP contribution in [0.15, 0.2) is 24.3 Å². The van der Waals surface area contributed by atoms with Crippen molar-refractivity contribution in [1.82, 2.24) is 4.90 Å². The van der Waals surface area contributed by atoms with Gasteiger partial charge in [0.25, 0.3) is 0 Å². The largest absolute Gasteiger partial charge is 0.492 e. The summed E-state index contributed by atoms with van der Waals surface area (Å²) >= 11 is 1.73. The maximum atomic E-state index is 12.4. The van der Waals surface area contributed by atoms with Gasteiger partial charge in [0.1, 0.15) is 5.75 Å². The standard InChI is InChI=1S/C17H27N3O2S.ClH/c1-3-22-16-7-5-4-6-15(16)19-9-11-20(12-10-19)17(21)14(18)8-13-23-2;/h4-7,14H,3,8-13,18H2,1-2H3;1H/t14-;/m0./s1. The van der Waals surface area contributed by atoms with Crippen molar-refractivity contribution in [3.8, 4) is 5.75 Å². The van der Waals surface area contributed by atoms with Crippen molar-refractivity contribution in [3.05, 3.63) is 24.3 Å². The van der Waals surface area contributed by atoms with Crippen LogP contribution in [0, 0.1) is 0 Å². The molecule has 24 heavy (non-hydrogen) atoms. The number of rotatable bonds is 7. The molecule has 2 rings (SSSR count). The van der Waals surface area contributed by atoms with Crippen molar-refractivity contribution in [2.24, 2.45) is 5.73 Å². The molecule has 1 amide bonds. The summed E-state index contributed by atoms with van der Waals surface area (Å²) in [5.74, 6) is 1.91. The van der Waals surface area contributed by atoms with Crippen LogP contribution in [0.3, 0.4) is 0 Å². The Hall–Kier alpha value is -1.11. The molecule has 0 aromatic heterocycles. The monoisotopic (exact) mass is 373 g/mol. The molecule has 1 aromatic carbocycles. The normalized spacial score (nSPS) is 15.6. The quantitative estimate of drug-likeness (QED) is 0.794. The summed E-state index contributed by atoms with van der Waals surface area (Å²) in [6.07, 6.45) is 2.78. The Bertz CT molecular complexity index is 510. The molecule has 1 atom stereocenters. The number of hydrogen-bond acceptors (Lipinski definition) is 5. The van der Waals surface area contributed by atoms with Crippen LogP contribution >= 0.6 is 24.2 Å². The molecule has 1 fully saturated rings. The Morgan fingerprint density at radius 3 is 2.58 bits per heavy atom. The number of nitrogens with two attached hydrogens (primary N) is 1. The van der Waals surface area contributed by atoms with Gasteiger partial charge in [0.15, 0.2) is 0 Å². The third-order valence-corrected chi connectivity index (χ3v) is 4.69. The number of carbonyl (C=O) groups excluding carboxylic acids is 1. The fourth-order valence-corrected chi connectivity index (χ4v) is 3.26. The fraction of sp³-hybridized carbons (Fsp3) is 0.588. The average Bonchev–Trinajstić information content (AvgIpc) is 2.60. The Kier molecular flexibility index (Phi) is 9.33. The molecule has 0 aliphatic carbocycles. The van der Waals surface area contributed by atoms with E-state index < -0.39 is 0 Å². The highest BCUT2D eigenvalue weighted by atomic mass is 35.5. The molecule has 2 N–H and O–H groups in total. The first-order valence-corrected chi connectivity index (χ1v) is 9.56. The van der Waals surface area contributed by atoms with Crippen LogP contribution in [-0.4, -0.2) is 61.6 Å². The summed E-state index contributed by atoms with van der Waals surface area (Å²) in [6, 6.07) is 7.71. The molecule has 136 valence electrons. The molecule has 0 unspecified atom stereocenters. The van der Waals surface area contributed by atoms with E-state index in [4.69, 9.17) is 10.5 Å². The van der Waals surface area contributed by atoms with E-state index in [0.29, 0.717) is 19.7 Å². The second-order valence-electron chi connectivity index (χ2n) is 5.60. The second-order valence-corrected chi connectivity index (χ2v) is 6.59. The molecule has 1 saturated heterocycles. The number of benzene rings is 1. The van der Waals surface area contributed by atoms with Crippen LogP contribution in [-0.2, 0) is 4.79 Å². The highest BCUT2D eigenvalue weighted by molar-refractivity contribution is 7.98. The number of nitrogens with zero attached hydrogens (tertiary/aromatic N) is 2. The first-order valence-electron chi connectivity index (χ1n) is 8.17. The first kappa shape index (κ1) is 20.9. The van der Waals surface area contributed by atoms with Crippen LogP contribution < -0.4 is 15.4 Å². The number of halogens is 1. The third kappa shape index (κ3) is 5.46. The zero-order valence-corrected chi connectivity index (χ0v) is 16.1. The minimum Gasteiger partial charge on any atom is -0.492 e. The zero-order valence-electron chi connectivity index (χ0n) is 14.4. The van der Waals surface area contributed by atoms with E-state index in [-0.39, 0.29) is 24.4 Å². The SMILES string of the molecule is CCOc1ccccc1N1CCN(C(=O)[C@@H](N)CCSC)CC1.Cl. The summed E-state index contributed by atoms with van der Waals surface area (Å²) in [4.78, 5) is 16.5. The van der Waals surface area contributed by atoms with E-state index in [1.807, 2.05) is 36.3 Å². The van der Waals surface area contributed by atoms with Gasteiger partial charge in [-0.05, 0) is 37.5 Å². The van der Waals surface area contributed by atoms with Crippen molar-refractivity contribution in [2.75, 3.05) is 49.7 Å². The molecule has 1 aliphatic rings. The van der Waals surface area contributed by atoms with E-state index in [0.717, 1.165) is 36.7 Å². The average molecular weight is 374 g/mol. The number of amides is 1. The van der Waals surface area contributed by atoms with Gasteiger partial charge in [0, 0.05) is 26.2 Å². The smallest absolute Gasteiger partial charge is 0.239 e. The van der Waals surface area contributed by atoms with Crippen LogP contribution in [0.25, 0.3) is 0 Å². The van der Waals surface area contributed by atoms with E-state index in [1.54, 1.807) is 11.8 Å². The van der Waals surface area contributed by atoms with Crippen LogP contribution in [0.2, 0.25) is 0 Å². The predicted octanol–water partition coefficient (Wildman–Crippen LogP) is 2.24. The van der Waals surface area contributed by atoms with E-state index in [9.17, 15) is 4.79 Å². The molecule has 0 saturated carbocycles. The fourth-order valence-electron chi connectivity index (χ4n) is 2.77. The molecule has 5 nitrogen and oxygen atoms in total. The number of piperazine rings is 1. The summed E-state index contributed by atoms with van der Waals surface area (Å²) < 4.78 is 5.70. The lowest BCUT2D eigenvalue weighted by molar-refractivity contribution is -0.132. The number of thioether (sulfide) groups is 1. The lowest BCUT2D eigenvalue weighted by atomic mass is 10.1. The van der Waals surface area contributed by atoms with Crippen molar-refractivity contribution in [3.63, 3.8) is 0 Å². The molecule has 0 bridgehead atoms. The Morgan fingerprint density at radius 2 is 1.96 bits per heavy atom. The van der Waals surface area contributed by atoms with Gasteiger partial charge in [-0.3, -0.25) is 4.79 Å². The first-order chi connectivity index (χ1) is 11.2. The number of ether oxygens (including phenoxy) is 1. The molecule has 1 aliphatic heterocycles. The van der Waals surface area contributed by atoms with Crippen molar-refractivity contribution in [1.29, 1.82) is 0 Å². The van der Waals surface area contributed by atoms with E-state index in [2.05, 4.69) is 11.0 Å². The number of carbonyl (C=O) groups is 1. The summed E-state index contributed by atoms with van der Waals surface area (Å²) in [5, 5.41) is 0. The minimum absolute atomic E-state index is 0. The Labute approximate surface area is 155 Å². The molecular formula is C17H28ClN3O2S. The van der Waals surface area contributed by atoms with Gasteiger partial charge in [-0.2, -0.15) is 11.8 Å². The van der Waals surface area contributed by atoms with Gasteiger partial charge in [0.05, 0.1) is 18.3 Å². The highest BCUT2D eigenvalue weighted by Crippen LogP contribution is 2.28. The summed E-state index contributed by atoms with van der Waals surface area (Å²) in [5.41, 5.74) is 7.11. The van der Waals surface area contributed by atoms with Gasteiger partial charge in [-0.15, -0.1) is 12.4 Å². The molecule has 0 spiro atoms. The van der Waals surface area contributed by atoms with Crippen molar-refractivity contribution in [2.45, 2.75) is 19.4 Å². The molecule has 1 aromatic rings. The van der Waals surface area contributed by atoms with Crippen LogP contribution in [0.1, 0.15) is 13.3 Å². The zero-order chi connectivity index (χ0) is 16.7. The minimum atomic E-state index is -0.371. The Morgan fingerprint density at radius 1 is 1.29 bits per heavy atom. The van der Waals surface area contributed by atoms with Crippen molar-refractivity contribution < 1.29 is 9.53 Å². The maximum Gasteiger partial charge on any atom is 0.239 e. The molecular weight excluding hydrogens is 346 g/mol. The molecule has 7 heteroatoms. The van der Waals surface area contributed by atoms with E-state index in [1.165, 1.54) is 0 Å². The molecule has 1 heterocycles. The van der Waals surface area contributed by atoms with Gasteiger partial charge >= 0.3 is 0 Å². The van der Waals surface area contributed by atoms with Crippen molar-refractivity contribution >= 4 is 35.8 Å². The summed E-state index contributed by atoms with van der Waals surface area (Å²) in [6.45, 7) is 5.69. The number of para-hydroxylation sites is 2. The Balaban J connectivity index is 0.00000288. The molecule has 0 radical (unpaired) electrons. The summed E-state index contributed by atoms with van der Waals surface area (Å²) in [7, 11) is 0. The van der Waals surface area contributed by atoms with Crippen LogP contribution in [0.5, 0.6) is 5.75 Å². The third-order valence-electron chi connectivity index (χ3n) is 4.05. The number of hydrogen-bond donors (Lipinski definition) is 1. The van der Waals surface area contributed by atoms with Gasteiger partial charge in [-0.1, -0.05) is 12.1 Å².